The first-order chi connectivity index (χ1) is 10.2. The fourth-order valence-electron chi connectivity index (χ4n) is 2.48. The number of hydrogen-bond donors (Lipinski definition) is 2. The molecule has 4 N–H and O–H groups in total. The highest BCUT2D eigenvalue weighted by molar-refractivity contribution is 7.99. The monoisotopic (exact) mass is 303 g/mol. The smallest absolute Gasteiger partial charge is 0.250 e. The molecule has 2 aromatic rings. The Kier molecular flexibility index (Phi) is 3.83. The van der Waals surface area contributed by atoms with Crippen LogP contribution in [-0.2, 0) is 13.0 Å². The lowest BCUT2D eigenvalue weighted by atomic mass is 10.2. The second kappa shape index (κ2) is 5.77. The van der Waals surface area contributed by atoms with Crippen LogP contribution in [0.3, 0.4) is 0 Å². The molecule has 3 rings (SSSR count). The summed E-state index contributed by atoms with van der Waals surface area (Å²) in [6.07, 6.45) is 4.47. The summed E-state index contributed by atoms with van der Waals surface area (Å²) in [5.41, 5.74) is 12.1. The van der Waals surface area contributed by atoms with E-state index in [2.05, 4.69) is 14.8 Å². The van der Waals surface area contributed by atoms with Crippen molar-refractivity contribution in [2.24, 2.45) is 5.73 Å². The van der Waals surface area contributed by atoms with Crippen molar-refractivity contribution in [1.29, 1.82) is 0 Å². The van der Waals surface area contributed by atoms with Crippen molar-refractivity contribution in [1.82, 2.24) is 14.8 Å². The number of benzene rings is 1. The first kappa shape index (κ1) is 13.9. The van der Waals surface area contributed by atoms with Crippen molar-refractivity contribution in [3.8, 4) is 0 Å². The molecular formula is C14H17N5OS. The molecule has 1 aliphatic rings. The van der Waals surface area contributed by atoms with Gasteiger partial charge in [0.25, 0.3) is 5.91 Å². The molecule has 6 nitrogen and oxygen atoms in total. The van der Waals surface area contributed by atoms with Crippen LogP contribution in [0.5, 0.6) is 0 Å². The lowest BCUT2D eigenvalue weighted by Gasteiger charge is -2.09. The number of carbonyl (C=O) groups is 1. The standard InChI is InChI=1S/C14H17N5OS/c15-12-9(13(16)20)5-4-6-10(12)21-14-18-17-11-7-2-1-3-8-19(11)14/h4-6H,1-3,7-8,15H2,(H2,16,20). The molecule has 0 saturated carbocycles. The number of nitrogens with zero attached hydrogens (tertiary/aromatic N) is 3. The summed E-state index contributed by atoms with van der Waals surface area (Å²) in [6.45, 7) is 0.931. The van der Waals surface area contributed by atoms with E-state index in [4.69, 9.17) is 11.5 Å². The largest absolute Gasteiger partial charge is 0.397 e. The van der Waals surface area contributed by atoms with Gasteiger partial charge in [-0.3, -0.25) is 4.79 Å². The third kappa shape index (κ3) is 2.73. The third-order valence-corrected chi connectivity index (χ3v) is 4.67. The first-order valence-corrected chi connectivity index (χ1v) is 7.76. The highest BCUT2D eigenvalue weighted by atomic mass is 32.2. The second-order valence-electron chi connectivity index (χ2n) is 5.04. The zero-order chi connectivity index (χ0) is 14.8. The molecular weight excluding hydrogens is 286 g/mol. The molecule has 2 heterocycles. The predicted octanol–water partition coefficient (Wildman–Crippen LogP) is 1.84. The van der Waals surface area contributed by atoms with Gasteiger partial charge in [-0.05, 0) is 36.7 Å². The fraction of sp³-hybridized carbons (Fsp3) is 0.357. The summed E-state index contributed by atoms with van der Waals surface area (Å²) in [6, 6.07) is 5.27. The summed E-state index contributed by atoms with van der Waals surface area (Å²) in [7, 11) is 0. The maximum absolute atomic E-state index is 11.4. The predicted molar refractivity (Wildman–Crippen MR) is 81.1 cm³/mol. The van der Waals surface area contributed by atoms with Crippen LogP contribution in [-0.4, -0.2) is 20.7 Å². The number of aryl methyl sites for hydroxylation is 1. The van der Waals surface area contributed by atoms with E-state index >= 15 is 0 Å². The molecule has 1 aromatic carbocycles. The van der Waals surface area contributed by atoms with Gasteiger partial charge in [0.15, 0.2) is 5.16 Å². The van der Waals surface area contributed by atoms with Crippen LogP contribution in [0.2, 0.25) is 0 Å². The quantitative estimate of drug-likeness (QED) is 0.843. The Morgan fingerprint density at radius 2 is 2.10 bits per heavy atom. The van der Waals surface area contributed by atoms with E-state index in [-0.39, 0.29) is 0 Å². The number of aromatic nitrogens is 3. The third-order valence-electron chi connectivity index (χ3n) is 3.61. The Morgan fingerprint density at radius 1 is 1.24 bits per heavy atom. The van der Waals surface area contributed by atoms with E-state index in [9.17, 15) is 4.79 Å². The zero-order valence-electron chi connectivity index (χ0n) is 11.6. The van der Waals surface area contributed by atoms with Crippen LogP contribution < -0.4 is 11.5 Å². The van der Waals surface area contributed by atoms with Gasteiger partial charge in [-0.1, -0.05) is 12.5 Å². The molecule has 0 aliphatic carbocycles. The van der Waals surface area contributed by atoms with Crippen molar-refractivity contribution in [3.05, 3.63) is 29.6 Å². The summed E-state index contributed by atoms with van der Waals surface area (Å²) < 4.78 is 2.15. The van der Waals surface area contributed by atoms with Gasteiger partial charge in [-0.25, -0.2) is 0 Å². The van der Waals surface area contributed by atoms with Crippen LogP contribution in [0, 0.1) is 0 Å². The summed E-state index contributed by atoms with van der Waals surface area (Å²) in [5.74, 6) is 0.509. The number of rotatable bonds is 3. The molecule has 0 fully saturated rings. The number of amides is 1. The van der Waals surface area contributed by atoms with Gasteiger partial charge in [-0.15, -0.1) is 10.2 Å². The van der Waals surface area contributed by atoms with Crippen LogP contribution in [0.1, 0.15) is 35.4 Å². The minimum atomic E-state index is -0.518. The first-order valence-electron chi connectivity index (χ1n) is 6.95. The van der Waals surface area contributed by atoms with Gasteiger partial charge in [0.2, 0.25) is 0 Å². The van der Waals surface area contributed by atoms with Crippen LogP contribution >= 0.6 is 11.8 Å². The summed E-state index contributed by atoms with van der Waals surface area (Å²) in [5, 5.41) is 9.33. The van der Waals surface area contributed by atoms with Gasteiger partial charge in [0, 0.05) is 17.9 Å². The van der Waals surface area contributed by atoms with Crippen LogP contribution in [0.15, 0.2) is 28.3 Å². The van der Waals surface area contributed by atoms with Crippen molar-refractivity contribution in [2.45, 2.75) is 42.3 Å². The molecule has 0 radical (unpaired) electrons. The summed E-state index contributed by atoms with van der Waals surface area (Å²) >= 11 is 1.43. The maximum Gasteiger partial charge on any atom is 0.250 e. The molecule has 1 aliphatic heterocycles. The number of para-hydroxylation sites is 1. The van der Waals surface area contributed by atoms with E-state index in [1.165, 1.54) is 18.2 Å². The van der Waals surface area contributed by atoms with Crippen molar-refractivity contribution in [2.75, 3.05) is 5.73 Å². The second-order valence-corrected chi connectivity index (χ2v) is 6.05. The van der Waals surface area contributed by atoms with Gasteiger partial charge in [0.05, 0.1) is 11.3 Å². The SMILES string of the molecule is NC(=O)c1cccc(Sc2nnc3n2CCCCC3)c1N. The Hall–Kier alpha value is -2.02. The molecule has 1 aromatic heterocycles. The lowest BCUT2D eigenvalue weighted by molar-refractivity contribution is 0.100. The minimum absolute atomic E-state index is 0.343. The lowest BCUT2D eigenvalue weighted by Crippen LogP contribution is -2.13. The number of nitrogen functional groups attached to an aromatic ring is 1. The van der Waals surface area contributed by atoms with Crippen molar-refractivity contribution < 1.29 is 4.79 Å². The van der Waals surface area contributed by atoms with E-state index in [1.807, 2.05) is 6.07 Å². The average Bonchev–Trinajstić information content (AvgIpc) is 2.69. The highest BCUT2D eigenvalue weighted by Crippen LogP contribution is 2.33. The normalized spacial score (nSPS) is 14.5. The Morgan fingerprint density at radius 3 is 2.90 bits per heavy atom. The van der Waals surface area contributed by atoms with Crippen LogP contribution in [0.4, 0.5) is 5.69 Å². The van der Waals surface area contributed by atoms with E-state index < -0.39 is 5.91 Å². The molecule has 0 spiro atoms. The van der Waals surface area contributed by atoms with E-state index in [0.29, 0.717) is 11.3 Å². The van der Waals surface area contributed by atoms with Gasteiger partial charge < -0.3 is 16.0 Å². The average molecular weight is 303 g/mol. The number of primary amides is 1. The number of hydrogen-bond acceptors (Lipinski definition) is 5. The molecule has 21 heavy (non-hydrogen) atoms. The van der Waals surface area contributed by atoms with Crippen molar-refractivity contribution in [3.63, 3.8) is 0 Å². The number of nitrogens with two attached hydrogens (primary N) is 2. The zero-order valence-corrected chi connectivity index (χ0v) is 12.4. The minimum Gasteiger partial charge on any atom is -0.397 e. The molecule has 0 bridgehead atoms. The van der Waals surface area contributed by atoms with Crippen molar-refractivity contribution >= 4 is 23.4 Å². The fourth-order valence-corrected chi connectivity index (χ4v) is 3.43. The van der Waals surface area contributed by atoms with E-state index in [1.54, 1.807) is 12.1 Å². The number of fused-ring (bicyclic) bond motifs is 1. The number of anilines is 1. The van der Waals surface area contributed by atoms with Gasteiger partial charge in [0.1, 0.15) is 5.82 Å². The molecule has 0 atom stereocenters. The maximum atomic E-state index is 11.4. The Balaban J connectivity index is 1.93. The Bertz CT molecular complexity index is 682. The number of carbonyl (C=O) groups excluding carboxylic acids is 1. The molecule has 0 unspecified atom stereocenters. The van der Waals surface area contributed by atoms with Gasteiger partial charge >= 0.3 is 0 Å². The summed E-state index contributed by atoms with van der Waals surface area (Å²) in [4.78, 5) is 12.1. The Labute approximate surface area is 126 Å². The molecule has 110 valence electrons. The van der Waals surface area contributed by atoms with E-state index in [0.717, 1.165) is 41.7 Å². The highest BCUT2D eigenvalue weighted by Gasteiger charge is 2.17. The molecule has 1 amide bonds. The molecule has 0 saturated heterocycles. The topological polar surface area (TPSA) is 99.8 Å². The van der Waals surface area contributed by atoms with Crippen LogP contribution in [0.25, 0.3) is 0 Å². The van der Waals surface area contributed by atoms with Gasteiger partial charge in [-0.2, -0.15) is 0 Å². The molecule has 7 heteroatoms.